The number of benzene rings is 1. The summed E-state index contributed by atoms with van der Waals surface area (Å²) in [5, 5.41) is 2.19. The van der Waals surface area contributed by atoms with Crippen LogP contribution < -0.4 is 0 Å². The van der Waals surface area contributed by atoms with E-state index in [9.17, 15) is 0 Å². The summed E-state index contributed by atoms with van der Waals surface area (Å²) >= 11 is 6.16. The van der Waals surface area contributed by atoms with Gasteiger partial charge in [0.2, 0.25) is 0 Å². The van der Waals surface area contributed by atoms with Crippen LogP contribution in [0.3, 0.4) is 0 Å². The highest BCUT2D eigenvalue weighted by Crippen LogP contribution is 2.30. The Bertz CT molecular complexity index is 506. The summed E-state index contributed by atoms with van der Waals surface area (Å²) in [6.45, 7) is 4.44. The predicted molar refractivity (Wildman–Crippen MR) is 77.9 cm³/mol. The van der Waals surface area contributed by atoms with E-state index in [1.54, 1.807) is 18.1 Å². The van der Waals surface area contributed by atoms with Gasteiger partial charge in [-0.2, -0.15) is 12.6 Å². The minimum atomic E-state index is 0.222. The van der Waals surface area contributed by atoms with Crippen molar-refractivity contribution in [2.75, 3.05) is 11.5 Å². The van der Waals surface area contributed by atoms with E-state index in [2.05, 4.69) is 42.5 Å². The van der Waals surface area contributed by atoms with Crippen LogP contribution in [0.5, 0.6) is 0 Å². The Kier molecular flexibility index (Phi) is 3.94. The molecule has 90 valence electrons. The molecule has 0 saturated carbocycles. The maximum absolute atomic E-state index is 4.38. The van der Waals surface area contributed by atoms with Gasteiger partial charge in [-0.05, 0) is 17.2 Å². The van der Waals surface area contributed by atoms with Crippen LogP contribution in [0.4, 0.5) is 0 Å². The van der Waals surface area contributed by atoms with Crippen molar-refractivity contribution in [2.24, 2.45) is 5.41 Å². The molecule has 0 aliphatic heterocycles. The van der Waals surface area contributed by atoms with Crippen LogP contribution in [-0.2, 0) is 0 Å². The van der Waals surface area contributed by atoms with E-state index in [-0.39, 0.29) is 5.41 Å². The molecule has 1 aromatic carbocycles. The number of rotatable bonds is 4. The first-order valence-electron chi connectivity index (χ1n) is 5.56. The molecule has 0 spiro atoms. The largest absolute Gasteiger partial charge is 0.236 e. The molecule has 1 heterocycles. The average molecular weight is 264 g/mol. The van der Waals surface area contributed by atoms with Crippen molar-refractivity contribution in [3.05, 3.63) is 30.6 Å². The van der Waals surface area contributed by atoms with Gasteiger partial charge in [-0.25, -0.2) is 9.97 Å². The summed E-state index contributed by atoms with van der Waals surface area (Å²) in [4.78, 5) is 8.64. The van der Waals surface area contributed by atoms with Crippen molar-refractivity contribution < 1.29 is 0 Å². The van der Waals surface area contributed by atoms with Crippen LogP contribution in [0.2, 0.25) is 0 Å². The molecule has 17 heavy (non-hydrogen) atoms. The zero-order valence-electron chi connectivity index (χ0n) is 10.1. The Labute approximate surface area is 112 Å². The lowest BCUT2D eigenvalue weighted by Gasteiger charge is -2.21. The zero-order chi connectivity index (χ0) is 12.3. The number of aromatic nitrogens is 2. The van der Waals surface area contributed by atoms with Crippen LogP contribution in [0.1, 0.15) is 13.8 Å². The zero-order valence-corrected chi connectivity index (χ0v) is 11.8. The van der Waals surface area contributed by atoms with Gasteiger partial charge in [0.05, 0.1) is 5.52 Å². The van der Waals surface area contributed by atoms with Crippen molar-refractivity contribution in [1.29, 1.82) is 0 Å². The van der Waals surface area contributed by atoms with Crippen LogP contribution in [0.15, 0.2) is 35.6 Å². The van der Waals surface area contributed by atoms with E-state index in [1.165, 1.54) is 0 Å². The number of fused-ring (bicyclic) bond motifs is 1. The fourth-order valence-electron chi connectivity index (χ4n) is 1.40. The monoisotopic (exact) mass is 264 g/mol. The second-order valence-corrected chi connectivity index (χ2v) is 6.09. The average Bonchev–Trinajstić information content (AvgIpc) is 2.36. The SMILES string of the molecule is CC(C)(CS)CSc1ncnc2ccccc12. The fourth-order valence-corrected chi connectivity index (χ4v) is 2.75. The Morgan fingerprint density at radius 3 is 2.76 bits per heavy atom. The second-order valence-electron chi connectivity index (χ2n) is 4.81. The molecule has 0 aliphatic carbocycles. The quantitative estimate of drug-likeness (QED) is 0.518. The van der Waals surface area contributed by atoms with E-state index >= 15 is 0 Å². The van der Waals surface area contributed by atoms with E-state index < -0.39 is 0 Å². The Balaban J connectivity index is 2.24. The molecule has 0 radical (unpaired) electrons. The third-order valence-corrected chi connectivity index (χ3v) is 4.91. The summed E-state index contributed by atoms with van der Waals surface area (Å²) in [6, 6.07) is 8.12. The molecule has 4 heteroatoms. The molecular formula is C13H16N2S2. The summed E-state index contributed by atoms with van der Waals surface area (Å²) in [6.07, 6.45) is 1.64. The number of nitrogens with zero attached hydrogens (tertiary/aromatic N) is 2. The summed E-state index contributed by atoms with van der Waals surface area (Å²) < 4.78 is 0. The van der Waals surface area contributed by atoms with Gasteiger partial charge < -0.3 is 0 Å². The smallest absolute Gasteiger partial charge is 0.117 e. The minimum absolute atomic E-state index is 0.222. The molecule has 0 saturated heterocycles. The third-order valence-electron chi connectivity index (χ3n) is 2.53. The number of thioether (sulfide) groups is 1. The molecule has 0 fully saturated rings. The van der Waals surface area contributed by atoms with E-state index in [0.29, 0.717) is 0 Å². The molecular weight excluding hydrogens is 248 g/mol. The molecule has 0 atom stereocenters. The van der Waals surface area contributed by atoms with Gasteiger partial charge in [-0.3, -0.25) is 0 Å². The van der Waals surface area contributed by atoms with E-state index in [0.717, 1.165) is 27.4 Å². The van der Waals surface area contributed by atoms with E-state index in [1.807, 2.05) is 18.2 Å². The minimum Gasteiger partial charge on any atom is -0.236 e. The van der Waals surface area contributed by atoms with Gasteiger partial charge in [0, 0.05) is 11.1 Å². The second kappa shape index (κ2) is 5.27. The van der Waals surface area contributed by atoms with Gasteiger partial charge in [0.25, 0.3) is 0 Å². The molecule has 0 aliphatic rings. The topological polar surface area (TPSA) is 25.8 Å². The van der Waals surface area contributed by atoms with Gasteiger partial charge in [-0.15, -0.1) is 11.8 Å². The lowest BCUT2D eigenvalue weighted by Crippen LogP contribution is -2.16. The Morgan fingerprint density at radius 1 is 1.24 bits per heavy atom. The van der Waals surface area contributed by atoms with Crippen molar-refractivity contribution in [1.82, 2.24) is 9.97 Å². The number of thiol groups is 1. The Morgan fingerprint density at radius 2 is 2.00 bits per heavy atom. The maximum Gasteiger partial charge on any atom is 0.117 e. The van der Waals surface area contributed by atoms with Crippen molar-refractivity contribution in [3.63, 3.8) is 0 Å². The third kappa shape index (κ3) is 3.13. The number of para-hydroxylation sites is 1. The number of hydrogen-bond acceptors (Lipinski definition) is 4. The van der Waals surface area contributed by atoms with Crippen LogP contribution in [0.25, 0.3) is 10.9 Å². The normalized spacial score (nSPS) is 11.9. The predicted octanol–water partition coefficient (Wildman–Crippen LogP) is 3.68. The van der Waals surface area contributed by atoms with Gasteiger partial charge in [-0.1, -0.05) is 32.0 Å². The van der Waals surface area contributed by atoms with Crippen molar-refractivity contribution in [2.45, 2.75) is 18.9 Å². The van der Waals surface area contributed by atoms with Crippen molar-refractivity contribution >= 4 is 35.3 Å². The molecule has 1 aromatic heterocycles. The Hall–Kier alpha value is -0.740. The standard InChI is InChI=1S/C13H16N2S2/c1-13(2,7-16)8-17-12-10-5-3-4-6-11(10)14-9-15-12/h3-6,9,16H,7-8H2,1-2H3. The van der Waals surface area contributed by atoms with Gasteiger partial charge in [0.1, 0.15) is 11.4 Å². The van der Waals surface area contributed by atoms with Gasteiger partial charge >= 0.3 is 0 Å². The van der Waals surface area contributed by atoms with Crippen LogP contribution in [-0.4, -0.2) is 21.5 Å². The molecule has 2 aromatic rings. The fraction of sp³-hybridized carbons (Fsp3) is 0.385. The molecule has 2 nitrogen and oxygen atoms in total. The van der Waals surface area contributed by atoms with Crippen LogP contribution in [0, 0.1) is 5.41 Å². The lowest BCUT2D eigenvalue weighted by atomic mass is 10.0. The van der Waals surface area contributed by atoms with E-state index in [4.69, 9.17) is 0 Å². The highest BCUT2D eigenvalue weighted by molar-refractivity contribution is 7.99. The lowest BCUT2D eigenvalue weighted by molar-refractivity contribution is 0.493. The first kappa shape index (κ1) is 12.7. The van der Waals surface area contributed by atoms with Gasteiger partial charge in [0.15, 0.2) is 0 Å². The number of hydrogen-bond donors (Lipinski definition) is 1. The highest BCUT2D eigenvalue weighted by atomic mass is 32.2. The molecule has 0 N–H and O–H groups in total. The first-order valence-corrected chi connectivity index (χ1v) is 7.18. The van der Waals surface area contributed by atoms with Crippen LogP contribution >= 0.6 is 24.4 Å². The molecule has 0 unspecified atom stereocenters. The molecule has 0 bridgehead atoms. The highest BCUT2D eigenvalue weighted by Gasteiger charge is 2.17. The molecule has 2 rings (SSSR count). The van der Waals surface area contributed by atoms with Crippen molar-refractivity contribution in [3.8, 4) is 0 Å². The molecule has 0 amide bonds. The first-order chi connectivity index (χ1) is 8.12. The summed E-state index contributed by atoms with van der Waals surface area (Å²) in [5.74, 6) is 1.89. The summed E-state index contributed by atoms with van der Waals surface area (Å²) in [5.41, 5.74) is 1.23. The maximum atomic E-state index is 4.38. The summed E-state index contributed by atoms with van der Waals surface area (Å²) in [7, 11) is 0.